The van der Waals surface area contributed by atoms with Crippen molar-refractivity contribution in [3.63, 3.8) is 0 Å². The van der Waals surface area contributed by atoms with Gasteiger partial charge >= 0.3 is 0 Å². The van der Waals surface area contributed by atoms with Crippen molar-refractivity contribution in [2.45, 2.75) is 32.9 Å². The SMILES string of the molecule is CC[C@@H](C)n1ccc(NCc2ccccc2O)n1. The topological polar surface area (TPSA) is 50.1 Å². The lowest BCUT2D eigenvalue weighted by Crippen LogP contribution is -2.06. The number of phenols is 1. The van der Waals surface area contributed by atoms with E-state index < -0.39 is 0 Å². The second-order valence-corrected chi connectivity index (χ2v) is 4.42. The van der Waals surface area contributed by atoms with Gasteiger partial charge in [-0.1, -0.05) is 25.1 Å². The smallest absolute Gasteiger partial charge is 0.148 e. The highest BCUT2D eigenvalue weighted by Gasteiger charge is 2.05. The fourth-order valence-electron chi connectivity index (χ4n) is 1.71. The zero-order valence-electron chi connectivity index (χ0n) is 10.8. The molecule has 0 aliphatic heterocycles. The van der Waals surface area contributed by atoms with Crippen LogP contribution in [-0.4, -0.2) is 14.9 Å². The van der Waals surface area contributed by atoms with Gasteiger partial charge in [-0.3, -0.25) is 4.68 Å². The molecule has 4 heteroatoms. The quantitative estimate of drug-likeness (QED) is 0.850. The summed E-state index contributed by atoms with van der Waals surface area (Å²) in [5, 5.41) is 17.3. The van der Waals surface area contributed by atoms with Crippen LogP contribution in [0, 0.1) is 0 Å². The van der Waals surface area contributed by atoms with E-state index in [-0.39, 0.29) is 0 Å². The molecule has 0 saturated carbocycles. The number of nitrogens with zero attached hydrogens (tertiary/aromatic N) is 2. The Labute approximate surface area is 107 Å². The Morgan fingerprint density at radius 1 is 1.33 bits per heavy atom. The van der Waals surface area contributed by atoms with Crippen LogP contribution in [0.3, 0.4) is 0 Å². The molecule has 2 N–H and O–H groups in total. The maximum absolute atomic E-state index is 9.65. The number of benzene rings is 1. The average molecular weight is 245 g/mol. The number of aromatic hydroxyl groups is 1. The second-order valence-electron chi connectivity index (χ2n) is 4.42. The van der Waals surface area contributed by atoms with E-state index in [4.69, 9.17) is 0 Å². The molecule has 0 saturated heterocycles. The first-order valence-corrected chi connectivity index (χ1v) is 6.26. The van der Waals surface area contributed by atoms with Crippen molar-refractivity contribution in [3.8, 4) is 5.75 Å². The number of aromatic nitrogens is 2. The summed E-state index contributed by atoms with van der Waals surface area (Å²) in [7, 11) is 0. The van der Waals surface area contributed by atoms with Gasteiger partial charge in [0, 0.05) is 30.4 Å². The van der Waals surface area contributed by atoms with Crippen molar-refractivity contribution < 1.29 is 5.11 Å². The van der Waals surface area contributed by atoms with Crippen LogP contribution >= 0.6 is 0 Å². The summed E-state index contributed by atoms with van der Waals surface area (Å²) in [6.07, 6.45) is 3.03. The van der Waals surface area contributed by atoms with Gasteiger partial charge in [-0.15, -0.1) is 0 Å². The van der Waals surface area contributed by atoms with Gasteiger partial charge < -0.3 is 10.4 Å². The lowest BCUT2D eigenvalue weighted by molar-refractivity contribution is 0.468. The van der Waals surface area contributed by atoms with E-state index in [1.54, 1.807) is 6.07 Å². The molecule has 1 heterocycles. The summed E-state index contributed by atoms with van der Waals surface area (Å²) in [5.74, 6) is 1.14. The minimum atomic E-state index is 0.311. The first kappa shape index (κ1) is 12.5. The van der Waals surface area contributed by atoms with Crippen molar-refractivity contribution in [1.82, 2.24) is 9.78 Å². The van der Waals surface area contributed by atoms with Gasteiger partial charge in [0.15, 0.2) is 0 Å². The van der Waals surface area contributed by atoms with Gasteiger partial charge in [0.2, 0.25) is 0 Å². The Kier molecular flexibility index (Phi) is 3.87. The zero-order valence-corrected chi connectivity index (χ0v) is 10.8. The van der Waals surface area contributed by atoms with Crippen LogP contribution in [-0.2, 0) is 6.54 Å². The molecular weight excluding hydrogens is 226 g/mol. The second kappa shape index (κ2) is 5.58. The van der Waals surface area contributed by atoms with Crippen molar-refractivity contribution in [3.05, 3.63) is 42.1 Å². The molecule has 1 atom stereocenters. The summed E-state index contributed by atoms with van der Waals surface area (Å²) in [6.45, 7) is 4.85. The molecule has 96 valence electrons. The van der Waals surface area contributed by atoms with Crippen LogP contribution in [0.4, 0.5) is 5.82 Å². The van der Waals surface area contributed by atoms with Crippen LogP contribution in [0.25, 0.3) is 0 Å². The van der Waals surface area contributed by atoms with Gasteiger partial charge in [-0.25, -0.2) is 0 Å². The van der Waals surface area contributed by atoms with E-state index in [1.807, 2.05) is 35.1 Å². The Bertz CT molecular complexity index is 507. The molecule has 0 amide bonds. The normalized spacial score (nSPS) is 12.3. The summed E-state index contributed by atoms with van der Waals surface area (Å²) >= 11 is 0. The summed E-state index contributed by atoms with van der Waals surface area (Å²) in [4.78, 5) is 0. The molecule has 1 aromatic carbocycles. The highest BCUT2D eigenvalue weighted by Crippen LogP contribution is 2.17. The summed E-state index contributed by atoms with van der Waals surface area (Å²) in [6, 6.07) is 9.67. The van der Waals surface area contributed by atoms with Gasteiger partial charge in [-0.2, -0.15) is 5.10 Å². The number of phenolic OH excluding ortho intramolecular Hbond substituents is 1. The van der Waals surface area contributed by atoms with Crippen molar-refractivity contribution in [2.75, 3.05) is 5.32 Å². The predicted octanol–water partition coefficient (Wildman–Crippen LogP) is 3.17. The van der Waals surface area contributed by atoms with Gasteiger partial charge in [-0.05, 0) is 19.4 Å². The average Bonchev–Trinajstić information content (AvgIpc) is 2.86. The van der Waals surface area contributed by atoms with Gasteiger partial charge in [0.1, 0.15) is 11.6 Å². The number of hydrogen-bond acceptors (Lipinski definition) is 3. The first-order valence-electron chi connectivity index (χ1n) is 6.26. The van der Waals surface area contributed by atoms with Gasteiger partial charge in [0.05, 0.1) is 0 Å². The highest BCUT2D eigenvalue weighted by atomic mass is 16.3. The van der Waals surface area contributed by atoms with Crippen molar-refractivity contribution >= 4 is 5.82 Å². The fourth-order valence-corrected chi connectivity index (χ4v) is 1.71. The van der Waals surface area contributed by atoms with Crippen LogP contribution in [0.15, 0.2) is 36.5 Å². The number of anilines is 1. The first-order chi connectivity index (χ1) is 8.70. The Hall–Kier alpha value is -1.97. The van der Waals surface area contributed by atoms with E-state index >= 15 is 0 Å². The molecule has 0 unspecified atom stereocenters. The third kappa shape index (κ3) is 2.83. The molecule has 0 bridgehead atoms. The lowest BCUT2D eigenvalue weighted by Gasteiger charge is -2.09. The molecule has 2 aromatic rings. The Morgan fingerprint density at radius 3 is 2.83 bits per heavy atom. The molecular formula is C14H19N3O. The minimum Gasteiger partial charge on any atom is -0.508 e. The number of para-hydroxylation sites is 1. The molecule has 0 aliphatic carbocycles. The number of rotatable bonds is 5. The highest BCUT2D eigenvalue weighted by molar-refractivity contribution is 5.38. The third-order valence-electron chi connectivity index (χ3n) is 3.10. The number of hydrogen-bond donors (Lipinski definition) is 2. The summed E-state index contributed by atoms with van der Waals surface area (Å²) < 4.78 is 1.95. The molecule has 1 aromatic heterocycles. The zero-order chi connectivity index (χ0) is 13.0. The van der Waals surface area contributed by atoms with E-state index in [2.05, 4.69) is 24.3 Å². The molecule has 4 nitrogen and oxygen atoms in total. The van der Waals surface area contributed by atoms with Gasteiger partial charge in [0.25, 0.3) is 0 Å². The standard InChI is InChI=1S/C14H19N3O/c1-3-11(2)17-9-8-14(16-17)15-10-12-6-4-5-7-13(12)18/h4-9,11,18H,3,10H2,1-2H3,(H,15,16)/t11-/m1/s1. The van der Waals surface area contributed by atoms with Crippen LogP contribution in [0.1, 0.15) is 31.9 Å². The van der Waals surface area contributed by atoms with E-state index in [1.165, 1.54) is 0 Å². The molecule has 0 fully saturated rings. The van der Waals surface area contributed by atoms with Crippen LogP contribution in [0.5, 0.6) is 5.75 Å². The van der Waals surface area contributed by atoms with E-state index in [0.29, 0.717) is 18.3 Å². The maximum Gasteiger partial charge on any atom is 0.148 e. The largest absolute Gasteiger partial charge is 0.508 e. The van der Waals surface area contributed by atoms with Crippen molar-refractivity contribution in [1.29, 1.82) is 0 Å². The summed E-state index contributed by atoms with van der Waals surface area (Å²) in [5.41, 5.74) is 0.871. The fraction of sp³-hybridized carbons (Fsp3) is 0.357. The Morgan fingerprint density at radius 2 is 2.11 bits per heavy atom. The third-order valence-corrected chi connectivity index (χ3v) is 3.10. The lowest BCUT2D eigenvalue weighted by atomic mass is 10.2. The molecule has 0 radical (unpaired) electrons. The van der Waals surface area contributed by atoms with Crippen LogP contribution < -0.4 is 5.32 Å². The molecule has 18 heavy (non-hydrogen) atoms. The maximum atomic E-state index is 9.65. The van der Waals surface area contributed by atoms with Crippen molar-refractivity contribution in [2.24, 2.45) is 0 Å². The molecule has 0 aliphatic rings. The van der Waals surface area contributed by atoms with E-state index in [9.17, 15) is 5.11 Å². The minimum absolute atomic E-state index is 0.311. The predicted molar refractivity (Wildman–Crippen MR) is 72.7 cm³/mol. The monoisotopic (exact) mass is 245 g/mol. The molecule has 2 rings (SSSR count). The van der Waals surface area contributed by atoms with Crippen LogP contribution in [0.2, 0.25) is 0 Å². The number of nitrogens with one attached hydrogen (secondary N) is 1. The van der Waals surface area contributed by atoms with E-state index in [0.717, 1.165) is 17.8 Å². The molecule has 0 spiro atoms. The Balaban J connectivity index is 1.98.